The summed E-state index contributed by atoms with van der Waals surface area (Å²) in [5, 5.41) is 5.71. The zero-order chi connectivity index (χ0) is 13.1. The number of nitrogens with one attached hydrogen (secondary N) is 1. The van der Waals surface area contributed by atoms with Crippen molar-refractivity contribution in [1.29, 1.82) is 0 Å². The molecule has 0 saturated carbocycles. The Morgan fingerprint density at radius 3 is 2.67 bits per heavy atom. The van der Waals surface area contributed by atoms with Gasteiger partial charge in [-0.15, -0.1) is 0 Å². The Balaban J connectivity index is 2.14. The van der Waals surface area contributed by atoms with Gasteiger partial charge < -0.3 is 5.32 Å². The molecule has 18 heavy (non-hydrogen) atoms. The maximum atomic E-state index is 3.52. The van der Waals surface area contributed by atoms with Gasteiger partial charge in [0.05, 0.1) is 0 Å². The lowest BCUT2D eigenvalue weighted by molar-refractivity contribution is 0.588. The van der Waals surface area contributed by atoms with Crippen LogP contribution in [0.5, 0.6) is 0 Å². The van der Waals surface area contributed by atoms with Crippen LogP contribution in [-0.4, -0.2) is 28.6 Å². The van der Waals surface area contributed by atoms with E-state index < -0.39 is 0 Å². The predicted octanol–water partition coefficient (Wildman–Crippen LogP) is 3.88. The van der Waals surface area contributed by atoms with Crippen molar-refractivity contribution >= 4 is 23.5 Å². The van der Waals surface area contributed by atoms with Gasteiger partial charge in [-0.3, -0.25) is 0 Å². The standard InChI is InChI=1S/C15H23NS2/c1-10-6-5-7-13(8-10)15(16-4)14-9-17-11(2)12(3)18-14/h5-8,11-12,14-16H,9H2,1-4H3. The lowest BCUT2D eigenvalue weighted by Gasteiger charge is -2.36. The van der Waals surface area contributed by atoms with E-state index in [0.717, 1.165) is 10.5 Å². The third-order valence-corrected chi connectivity index (χ3v) is 7.15. The van der Waals surface area contributed by atoms with Crippen LogP contribution in [-0.2, 0) is 0 Å². The summed E-state index contributed by atoms with van der Waals surface area (Å²) in [6, 6.07) is 9.38. The Morgan fingerprint density at radius 1 is 1.28 bits per heavy atom. The van der Waals surface area contributed by atoms with Gasteiger partial charge in [-0.25, -0.2) is 0 Å². The normalized spacial score (nSPS) is 30.1. The summed E-state index contributed by atoms with van der Waals surface area (Å²) in [5.41, 5.74) is 2.78. The maximum Gasteiger partial charge on any atom is 0.0446 e. The van der Waals surface area contributed by atoms with E-state index in [1.165, 1.54) is 16.9 Å². The van der Waals surface area contributed by atoms with Gasteiger partial charge in [-0.2, -0.15) is 23.5 Å². The first-order chi connectivity index (χ1) is 8.61. The van der Waals surface area contributed by atoms with Crippen LogP contribution in [0.15, 0.2) is 24.3 Å². The second-order valence-electron chi connectivity index (χ2n) is 5.10. The highest BCUT2D eigenvalue weighted by atomic mass is 32.2. The molecule has 0 aliphatic carbocycles. The molecule has 1 nitrogen and oxygen atoms in total. The molecule has 1 N–H and O–H groups in total. The fourth-order valence-corrected chi connectivity index (χ4v) is 5.57. The van der Waals surface area contributed by atoms with Crippen LogP contribution in [0.1, 0.15) is 31.0 Å². The Morgan fingerprint density at radius 2 is 2.06 bits per heavy atom. The minimum atomic E-state index is 0.470. The van der Waals surface area contributed by atoms with E-state index in [4.69, 9.17) is 0 Å². The summed E-state index contributed by atoms with van der Waals surface area (Å²) in [6.45, 7) is 6.88. The Labute approximate surface area is 120 Å². The Hall–Kier alpha value is -0.120. The third kappa shape index (κ3) is 3.25. The number of aryl methyl sites for hydroxylation is 1. The number of thioether (sulfide) groups is 2. The lowest BCUT2D eigenvalue weighted by atomic mass is 10.0. The van der Waals surface area contributed by atoms with Crippen molar-refractivity contribution in [3.8, 4) is 0 Å². The molecule has 1 aromatic carbocycles. The van der Waals surface area contributed by atoms with Crippen LogP contribution in [0, 0.1) is 6.92 Å². The molecule has 1 aliphatic heterocycles. The second-order valence-corrected chi connectivity index (χ2v) is 8.13. The van der Waals surface area contributed by atoms with Gasteiger partial charge in [0, 0.05) is 27.5 Å². The lowest BCUT2D eigenvalue weighted by Crippen LogP contribution is -2.35. The molecule has 1 aromatic rings. The minimum Gasteiger partial charge on any atom is -0.312 e. The smallest absolute Gasteiger partial charge is 0.0446 e. The van der Waals surface area contributed by atoms with E-state index in [1.54, 1.807) is 0 Å². The van der Waals surface area contributed by atoms with E-state index in [9.17, 15) is 0 Å². The van der Waals surface area contributed by atoms with Crippen LogP contribution in [0.2, 0.25) is 0 Å². The Kier molecular flexibility index (Phi) is 5.05. The quantitative estimate of drug-likeness (QED) is 0.903. The number of hydrogen-bond donors (Lipinski definition) is 1. The molecular formula is C15H23NS2. The zero-order valence-electron chi connectivity index (χ0n) is 11.6. The molecule has 0 bridgehead atoms. The van der Waals surface area contributed by atoms with Crippen LogP contribution in [0.25, 0.3) is 0 Å². The van der Waals surface area contributed by atoms with Gasteiger partial charge in [0.1, 0.15) is 0 Å². The summed E-state index contributed by atoms with van der Waals surface area (Å²) < 4.78 is 0. The molecule has 0 aromatic heterocycles. The largest absolute Gasteiger partial charge is 0.312 e. The molecule has 3 heteroatoms. The first-order valence-corrected chi connectivity index (χ1v) is 8.62. The van der Waals surface area contributed by atoms with Crippen molar-refractivity contribution in [2.75, 3.05) is 12.8 Å². The fraction of sp³-hybridized carbons (Fsp3) is 0.600. The highest BCUT2D eigenvalue weighted by molar-refractivity contribution is 8.07. The molecule has 1 fully saturated rings. The van der Waals surface area contributed by atoms with Crippen LogP contribution in [0.3, 0.4) is 0 Å². The van der Waals surface area contributed by atoms with Crippen LogP contribution >= 0.6 is 23.5 Å². The first-order valence-electron chi connectivity index (χ1n) is 6.62. The van der Waals surface area contributed by atoms with E-state index in [1.807, 2.05) is 0 Å². The molecule has 0 spiro atoms. The van der Waals surface area contributed by atoms with Crippen molar-refractivity contribution in [1.82, 2.24) is 5.32 Å². The first kappa shape index (κ1) is 14.3. The van der Waals surface area contributed by atoms with Crippen molar-refractivity contribution < 1.29 is 0 Å². The van der Waals surface area contributed by atoms with Crippen molar-refractivity contribution in [2.45, 2.75) is 42.6 Å². The van der Waals surface area contributed by atoms with E-state index in [-0.39, 0.29) is 0 Å². The third-order valence-electron chi connectivity index (χ3n) is 3.66. The Bertz CT molecular complexity index is 394. The average molecular weight is 281 g/mol. The SMILES string of the molecule is CNC(c1cccc(C)c1)C1CSC(C)C(C)S1. The average Bonchev–Trinajstić information content (AvgIpc) is 2.35. The van der Waals surface area contributed by atoms with Gasteiger partial charge in [0.2, 0.25) is 0 Å². The predicted molar refractivity (Wildman–Crippen MR) is 85.7 cm³/mol. The van der Waals surface area contributed by atoms with Gasteiger partial charge in [-0.05, 0) is 19.5 Å². The summed E-state index contributed by atoms with van der Waals surface area (Å²) in [5.74, 6) is 1.25. The minimum absolute atomic E-state index is 0.470. The van der Waals surface area contributed by atoms with Crippen LogP contribution < -0.4 is 5.32 Å². The summed E-state index contributed by atoms with van der Waals surface area (Å²) in [7, 11) is 2.08. The monoisotopic (exact) mass is 281 g/mol. The van der Waals surface area contributed by atoms with Gasteiger partial charge in [-0.1, -0.05) is 43.7 Å². The molecule has 1 heterocycles. The molecule has 0 radical (unpaired) electrons. The number of benzene rings is 1. The molecule has 1 aliphatic rings. The molecule has 4 unspecified atom stereocenters. The van der Waals surface area contributed by atoms with Crippen molar-refractivity contribution in [3.05, 3.63) is 35.4 Å². The maximum absolute atomic E-state index is 3.52. The molecule has 2 rings (SSSR count). The van der Waals surface area contributed by atoms with E-state index in [2.05, 4.69) is 80.9 Å². The zero-order valence-corrected chi connectivity index (χ0v) is 13.3. The topological polar surface area (TPSA) is 12.0 Å². The highest BCUT2D eigenvalue weighted by Crippen LogP contribution is 2.40. The fourth-order valence-electron chi connectivity index (χ4n) is 2.41. The van der Waals surface area contributed by atoms with Crippen LogP contribution in [0.4, 0.5) is 0 Å². The van der Waals surface area contributed by atoms with Gasteiger partial charge in [0.25, 0.3) is 0 Å². The van der Waals surface area contributed by atoms with Gasteiger partial charge >= 0.3 is 0 Å². The molecule has 100 valence electrons. The second kappa shape index (κ2) is 6.36. The number of hydrogen-bond acceptors (Lipinski definition) is 3. The van der Waals surface area contributed by atoms with Crippen molar-refractivity contribution in [2.24, 2.45) is 0 Å². The summed E-state index contributed by atoms with van der Waals surface area (Å²) in [4.78, 5) is 0. The van der Waals surface area contributed by atoms with E-state index >= 15 is 0 Å². The summed E-state index contributed by atoms with van der Waals surface area (Å²) >= 11 is 4.26. The highest BCUT2D eigenvalue weighted by Gasteiger charge is 2.31. The number of rotatable bonds is 3. The van der Waals surface area contributed by atoms with Crippen molar-refractivity contribution in [3.63, 3.8) is 0 Å². The summed E-state index contributed by atoms with van der Waals surface area (Å²) in [6.07, 6.45) is 0. The van der Waals surface area contributed by atoms with Gasteiger partial charge in [0.15, 0.2) is 0 Å². The molecular weight excluding hydrogens is 258 g/mol. The van der Waals surface area contributed by atoms with E-state index in [0.29, 0.717) is 11.3 Å². The molecule has 1 saturated heterocycles. The molecule has 4 atom stereocenters. The molecule has 0 amide bonds.